The third-order valence-electron chi connectivity index (χ3n) is 2.23. The van der Waals surface area contributed by atoms with Crippen molar-refractivity contribution in [3.63, 3.8) is 0 Å². The van der Waals surface area contributed by atoms with E-state index in [0.29, 0.717) is 4.47 Å². The molecule has 0 amide bonds. The predicted molar refractivity (Wildman–Crippen MR) is 63.3 cm³/mol. The number of aryl methyl sites for hydroxylation is 1. The fraction of sp³-hybridized carbons (Fsp3) is 0.0909. The predicted octanol–water partition coefficient (Wildman–Crippen LogP) is 2.55. The second kappa shape index (κ2) is 4.09. The maximum Gasteiger partial charge on any atom is 0.336 e. The summed E-state index contributed by atoms with van der Waals surface area (Å²) in [7, 11) is 1.82. The summed E-state index contributed by atoms with van der Waals surface area (Å²) in [5, 5.41) is 13.0. The van der Waals surface area contributed by atoms with E-state index in [4.69, 9.17) is 5.11 Å². The van der Waals surface area contributed by atoms with Crippen molar-refractivity contribution in [3.8, 4) is 11.1 Å². The van der Waals surface area contributed by atoms with E-state index in [0.717, 1.165) is 11.1 Å². The number of nitrogens with zero attached hydrogens (tertiary/aromatic N) is 2. The van der Waals surface area contributed by atoms with E-state index >= 15 is 0 Å². The molecular weight excluding hydrogens is 272 g/mol. The molecule has 0 bridgehead atoms. The number of hydrogen-bond acceptors (Lipinski definition) is 2. The molecule has 2 rings (SSSR count). The summed E-state index contributed by atoms with van der Waals surface area (Å²) in [6.07, 6.45) is 3.55. The number of carboxylic acids is 1. The first-order valence-corrected chi connectivity index (χ1v) is 5.39. The molecule has 1 heterocycles. The molecule has 0 saturated heterocycles. The van der Waals surface area contributed by atoms with Crippen LogP contribution in [0.2, 0.25) is 0 Å². The SMILES string of the molecule is Cn1cc(-c2ccc(Br)c(C(=O)O)c2)cn1. The molecule has 0 atom stereocenters. The van der Waals surface area contributed by atoms with Crippen LogP contribution in [0, 0.1) is 0 Å². The smallest absolute Gasteiger partial charge is 0.336 e. The Kier molecular flexibility index (Phi) is 2.78. The summed E-state index contributed by atoms with van der Waals surface area (Å²) < 4.78 is 2.25. The lowest BCUT2D eigenvalue weighted by Gasteiger charge is -2.02. The minimum Gasteiger partial charge on any atom is -0.478 e. The topological polar surface area (TPSA) is 55.1 Å². The van der Waals surface area contributed by atoms with Crippen LogP contribution in [0.4, 0.5) is 0 Å². The monoisotopic (exact) mass is 280 g/mol. The highest BCUT2D eigenvalue weighted by molar-refractivity contribution is 9.10. The van der Waals surface area contributed by atoms with Crippen molar-refractivity contribution in [1.29, 1.82) is 0 Å². The van der Waals surface area contributed by atoms with E-state index in [1.165, 1.54) is 0 Å². The quantitative estimate of drug-likeness (QED) is 0.920. The van der Waals surface area contributed by atoms with Crippen LogP contribution in [0.3, 0.4) is 0 Å². The van der Waals surface area contributed by atoms with Gasteiger partial charge in [0.15, 0.2) is 0 Å². The Hall–Kier alpha value is -1.62. The first kappa shape index (κ1) is 10.9. The fourth-order valence-corrected chi connectivity index (χ4v) is 1.86. The molecule has 82 valence electrons. The van der Waals surface area contributed by atoms with E-state index in [1.54, 1.807) is 23.0 Å². The van der Waals surface area contributed by atoms with E-state index in [9.17, 15) is 4.79 Å². The molecule has 0 fully saturated rings. The number of aromatic nitrogens is 2. The summed E-state index contributed by atoms with van der Waals surface area (Å²) in [6.45, 7) is 0. The van der Waals surface area contributed by atoms with Gasteiger partial charge in [-0.15, -0.1) is 0 Å². The van der Waals surface area contributed by atoms with Gasteiger partial charge in [-0.2, -0.15) is 5.10 Å². The molecule has 0 aliphatic rings. The van der Waals surface area contributed by atoms with Gasteiger partial charge in [0.2, 0.25) is 0 Å². The van der Waals surface area contributed by atoms with Gasteiger partial charge >= 0.3 is 5.97 Å². The molecule has 4 nitrogen and oxygen atoms in total. The fourth-order valence-electron chi connectivity index (χ4n) is 1.44. The van der Waals surface area contributed by atoms with Gasteiger partial charge in [0.1, 0.15) is 0 Å². The standard InChI is InChI=1S/C11H9BrN2O2/c1-14-6-8(5-13-14)7-2-3-10(12)9(4-7)11(15)16/h2-6H,1H3,(H,15,16). The highest BCUT2D eigenvalue weighted by atomic mass is 79.9. The van der Waals surface area contributed by atoms with Crippen LogP contribution < -0.4 is 0 Å². The Morgan fingerprint density at radius 2 is 2.19 bits per heavy atom. The van der Waals surface area contributed by atoms with Crippen molar-refractivity contribution >= 4 is 21.9 Å². The van der Waals surface area contributed by atoms with Crippen molar-refractivity contribution < 1.29 is 9.90 Å². The average Bonchev–Trinajstić information content (AvgIpc) is 2.65. The van der Waals surface area contributed by atoms with Gasteiger partial charge in [0.25, 0.3) is 0 Å². The van der Waals surface area contributed by atoms with Crippen LogP contribution in [-0.4, -0.2) is 20.9 Å². The highest BCUT2D eigenvalue weighted by Crippen LogP contribution is 2.25. The van der Waals surface area contributed by atoms with Crippen LogP contribution in [0.25, 0.3) is 11.1 Å². The van der Waals surface area contributed by atoms with Crippen LogP contribution >= 0.6 is 15.9 Å². The zero-order valence-electron chi connectivity index (χ0n) is 8.51. The maximum atomic E-state index is 11.0. The van der Waals surface area contributed by atoms with Gasteiger partial charge in [-0.25, -0.2) is 4.79 Å². The lowest BCUT2D eigenvalue weighted by molar-refractivity contribution is 0.0696. The van der Waals surface area contributed by atoms with Crippen molar-refractivity contribution in [2.75, 3.05) is 0 Å². The Morgan fingerprint density at radius 1 is 1.44 bits per heavy atom. The highest BCUT2D eigenvalue weighted by Gasteiger charge is 2.10. The summed E-state index contributed by atoms with van der Waals surface area (Å²) in [5.41, 5.74) is 1.99. The molecule has 2 aromatic rings. The first-order chi connectivity index (χ1) is 7.58. The number of hydrogen-bond donors (Lipinski definition) is 1. The second-order valence-corrected chi connectivity index (χ2v) is 4.26. The van der Waals surface area contributed by atoms with Crippen LogP contribution in [0.15, 0.2) is 35.1 Å². The third-order valence-corrected chi connectivity index (χ3v) is 2.93. The minimum atomic E-state index is -0.947. The van der Waals surface area contributed by atoms with Gasteiger partial charge in [0.05, 0.1) is 11.8 Å². The number of carbonyl (C=O) groups is 1. The minimum absolute atomic E-state index is 0.251. The van der Waals surface area contributed by atoms with Crippen LogP contribution in [-0.2, 0) is 7.05 Å². The number of carboxylic acid groups (broad SMARTS) is 1. The van der Waals surface area contributed by atoms with Crippen molar-refractivity contribution in [1.82, 2.24) is 9.78 Å². The molecule has 0 aliphatic carbocycles. The molecule has 1 N–H and O–H groups in total. The number of rotatable bonds is 2. The molecule has 16 heavy (non-hydrogen) atoms. The summed E-state index contributed by atoms with van der Waals surface area (Å²) in [4.78, 5) is 11.0. The average molecular weight is 281 g/mol. The Bertz CT molecular complexity index is 549. The van der Waals surface area contributed by atoms with Gasteiger partial charge in [-0.3, -0.25) is 4.68 Å². The zero-order chi connectivity index (χ0) is 11.7. The molecule has 0 aliphatic heterocycles. The molecule has 0 unspecified atom stereocenters. The first-order valence-electron chi connectivity index (χ1n) is 4.60. The lowest BCUT2D eigenvalue weighted by Crippen LogP contribution is -1.97. The molecule has 0 saturated carbocycles. The van der Waals surface area contributed by atoms with Gasteiger partial charge in [-0.05, 0) is 33.6 Å². The maximum absolute atomic E-state index is 11.0. The van der Waals surface area contributed by atoms with Crippen molar-refractivity contribution in [2.45, 2.75) is 0 Å². The molecule has 0 radical (unpaired) electrons. The third kappa shape index (κ3) is 1.99. The number of benzene rings is 1. The van der Waals surface area contributed by atoms with Crippen LogP contribution in [0.1, 0.15) is 10.4 Å². The Balaban J connectivity index is 2.51. The van der Waals surface area contributed by atoms with E-state index in [-0.39, 0.29) is 5.56 Å². The van der Waals surface area contributed by atoms with Gasteiger partial charge in [-0.1, -0.05) is 6.07 Å². The second-order valence-electron chi connectivity index (χ2n) is 3.40. The molecule has 1 aromatic heterocycles. The van der Waals surface area contributed by atoms with Gasteiger partial charge in [0, 0.05) is 23.3 Å². The Morgan fingerprint density at radius 3 is 2.75 bits per heavy atom. The van der Waals surface area contributed by atoms with Gasteiger partial charge < -0.3 is 5.11 Å². The molecule has 0 spiro atoms. The van der Waals surface area contributed by atoms with Crippen LogP contribution in [0.5, 0.6) is 0 Å². The number of aromatic carboxylic acids is 1. The largest absolute Gasteiger partial charge is 0.478 e. The molecular formula is C11H9BrN2O2. The molecule has 5 heteroatoms. The van der Waals surface area contributed by atoms with Crippen molar-refractivity contribution in [3.05, 3.63) is 40.6 Å². The summed E-state index contributed by atoms with van der Waals surface area (Å²) >= 11 is 3.21. The Labute approximate surface area is 101 Å². The van der Waals surface area contributed by atoms with E-state index in [2.05, 4.69) is 21.0 Å². The lowest BCUT2D eigenvalue weighted by atomic mass is 10.1. The molecule has 1 aromatic carbocycles. The summed E-state index contributed by atoms with van der Waals surface area (Å²) in [5.74, 6) is -0.947. The van der Waals surface area contributed by atoms with E-state index < -0.39 is 5.97 Å². The zero-order valence-corrected chi connectivity index (χ0v) is 10.1. The van der Waals surface area contributed by atoms with E-state index in [1.807, 2.05) is 19.3 Å². The summed E-state index contributed by atoms with van der Waals surface area (Å²) in [6, 6.07) is 5.21. The number of halogens is 1. The normalized spacial score (nSPS) is 10.4. The van der Waals surface area contributed by atoms with Crippen molar-refractivity contribution in [2.24, 2.45) is 7.05 Å².